The number of nitrogens with one attached hydrogen (secondary N) is 1. The Kier molecular flexibility index (Phi) is 4.72. The minimum atomic E-state index is 0.314. The van der Waals surface area contributed by atoms with Gasteiger partial charge in [-0.3, -0.25) is 0 Å². The van der Waals surface area contributed by atoms with E-state index in [-0.39, 0.29) is 0 Å². The fraction of sp³-hybridized carbons (Fsp3) is 1.00. The summed E-state index contributed by atoms with van der Waals surface area (Å²) in [6.07, 6.45) is 11.1. The highest BCUT2D eigenvalue weighted by atomic mass is 16.5. The monoisotopic (exact) mass is 279 g/mol. The Bertz CT molecular complexity index is 309. The fourth-order valence-electron chi connectivity index (χ4n) is 4.83. The van der Waals surface area contributed by atoms with E-state index in [0.717, 1.165) is 30.3 Å². The summed E-state index contributed by atoms with van der Waals surface area (Å²) < 4.78 is 6.21. The van der Waals surface area contributed by atoms with Gasteiger partial charge in [-0.15, -0.1) is 0 Å². The Balaban J connectivity index is 1.48. The fourth-order valence-corrected chi connectivity index (χ4v) is 4.83. The molecule has 3 fully saturated rings. The van der Waals surface area contributed by atoms with Gasteiger partial charge in [-0.25, -0.2) is 0 Å². The van der Waals surface area contributed by atoms with Crippen LogP contribution in [0.1, 0.15) is 65.2 Å². The minimum Gasteiger partial charge on any atom is -0.375 e. The summed E-state index contributed by atoms with van der Waals surface area (Å²) in [5, 5.41) is 3.69. The largest absolute Gasteiger partial charge is 0.375 e. The maximum absolute atomic E-state index is 6.21. The smallest absolute Gasteiger partial charge is 0.0685 e. The summed E-state index contributed by atoms with van der Waals surface area (Å²) in [6.45, 7) is 8.07. The van der Waals surface area contributed by atoms with Crippen LogP contribution < -0.4 is 5.32 Å². The van der Waals surface area contributed by atoms with Crippen LogP contribution in [0.3, 0.4) is 0 Å². The standard InChI is InChI=1S/C18H33NO/c1-14(2)12-19-13-16-5-6-17(16)15-7-10-20-18(11-15)8-3-4-9-18/h14-17,19H,3-13H2,1-2H3. The molecule has 1 spiro atoms. The molecule has 3 rings (SSSR count). The van der Waals surface area contributed by atoms with Gasteiger partial charge < -0.3 is 10.1 Å². The lowest BCUT2D eigenvalue weighted by Crippen LogP contribution is -2.46. The van der Waals surface area contributed by atoms with Crippen LogP contribution in [0.5, 0.6) is 0 Å². The predicted octanol–water partition coefficient (Wildman–Crippen LogP) is 4.00. The lowest BCUT2D eigenvalue weighted by atomic mass is 9.63. The van der Waals surface area contributed by atoms with Gasteiger partial charge in [0, 0.05) is 6.61 Å². The van der Waals surface area contributed by atoms with Crippen LogP contribution in [0.15, 0.2) is 0 Å². The molecule has 1 N–H and O–H groups in total. The van der Waals surface area contributed by atoms with E-state index in [4.69, 9.17) is 4.74 Å². The zero-order valence-electron chi connectivity index (χ0n) is 13.5. The summed E-state index contributed by atoms with van der Waals surface area (Å²) in [4.78, 5) is 0. The van der Waals surface area contributed by atoms with Gasteiger partial charge in [0.15, 0.2) is 0 Å². The first-order valence-corrected chi connectivity index (χ1v) is 9.03. The van der Waals surface area contributed by atoms with Crippen molar-refractivity contribution in [1.29, 1.82) is 0 Å². The van der Waals surface area contributed by atoms with E-state index in [9.17, 15) is 0 Å². The van der Waals surface area contributed by atoms with Crippen LogP contribution in [0.25, 0.3) is 0 Å². The summed E-state index contributed by atoms with van der Waals surface area (Å²) in [5.74, 6) is 3.69. The van der Waals surface area contributed by atoms with Crippen molar-refractivity contribution >= 4 is 0 Å². The van der Waals surface area contributed by atoms with Crippen LogP contribution in [0.2, 0.25) is 0 Å². The van der Waals surface area contributed by atoms with E-state index in [1.165, 1.54) is 64.5 Å². The van der Waals surface area contributed by atoms with E-state index in [2.05, 4.69) is 19.2 Å². The quantitative estimate of drug-likeness (QED) is 0.821. The second kappa shape index (κ2) is 6.36. The van der Waals surface area contributed by atoms with Crippen molar-refractivity contribution in [2.45, 2.75) is 70.8 Å². The molecular formula is C18H33NO. The molecule has 1 heterocycles. The third-order valence-corrected chi connectivity index (χ3v) is 6.09. The molecule has 0 aromatic rings. The predicted molar refractivity (Wildman–Crippen MR) is 83.8 cm³/mol. The molecule has 2 saturated carbocycles. The Labute approximate surface area is 125 Å². The maximum Gasteiger partial charge on any atom is 0.0685 e. The molecule has 3 aliphatic rings. The molecule has 0 radical (unpaired) electrons. The first kappa shape index (κ1) is 14.8. The maximum atomic E-state index is 6.21. The summed E-state index contributed by atoms with van der Waals surface area (Å²) in [7, 11) is 0. The SMILES string of the molecule is CC(C)CNCC1CCC1C1CCOC2(CCCC2)C1. The van der Waals surface area contributed by atoms with Gasteiger partial charge in [0.1, 0.15) is 0 Å². The Morgan fingerprint density at radius 2 is 1.95 bits per heavy atom. The third kappa shape index (κ3) is 3.22. The van der Waals surface area contributed by atoms with Crippen LogP contribution in [-0.4, -0.2) is 25.3 Å². The van der Waals surface area contributed by atoms with E-state index < -0.39 is 0 Å². The summed E-state index contributed by atoms with van der Waals surface area (Å²) in [6, 6.07) is 0. The van der Waals surface area contributed by atoms with Gasteiger partial charge in [0.25, 0.3) is 0 Å². The highest BCUT2D eigenvalue weighted by molar-refractivity contribution is 4.96. The normalized spacial score (nSPS) is 36.5. The van der Waals surface area contributed by atoms with E-state index in [0.29, 0.717) is 5.60 Å². The van der Waals surface area contributed by atoms with Gasteiger partial charge in [0.2, 0.25) is 0 Å². The topological polar surface area (TPSA) is 21.3 Å². The van der Waals surface area contributed by atoms with Gasteiger partial charge in [-0.05, 0) is 75.3 Å². The number of hydrogen-bond acceptors (Lipinski definition) is 2. The van der Waals surface area contributed by atoms with Crippen molar-refractivity contribution < 1.29 is 4.74 Å². The molecule has 1 aliphatic heterocycles. The van der Waals surface area contributed by atoms with Crippen LogP contribution >= 0.6 is 0 Å². The number of hydrogen-bond donors (Lipinski definition) is 1. The molecule has 0 aromatic heterocycles. The van der Waals surface area contributed by atoms with E-state index in [1.807, 2.05) is 0 Å². The van der Waals surface area contributed by atoms with Crippen molar-refractivity contribution in [3.63, 3.8) is 0 Å². The Morgan fingerprint density at radius 1 is 1.15 bits per heavy atom. The van der Waals surface area contributed by atoms with Gasteiger partial charge in [-0.1, -0.05) is 26.7 Å². The molecule has 0 bridgehead atoms. The van der Waals surface area contributed by atoms with E-state index in [1.54, 1.807) is 0 Å². The Morgan fingerprint density at radius 3 is 2.60 bits per heavy atom. The number of ether oxygens (including phenoxy) is 1. The first-order valence-electron chi connectivity index (χ1n) is 9.03. The molecule has 116 valence electrons. The lowest BCUT2D eigenvalue weighted by Gasteiger charge is -2.48. The molecule has 3 atom stereocenters. The second-order valence-corrected chi connectivity index (χ2v) is 8.04. The molecule has 0 amide bonds. The molecule has 1 saturated heterocycles. The van der Waals surface area contributed by atoms with Gasteiger partial charge >= 0.3 is 0 Å². The van der Waals surface area contributed by atoms with Crippen molar-refractivity contribution in [2.24, 2.45) is 23.7 Å². The molecule has 0 aromatic carbocycles. The van der Waals surface area contributed by atoms with Crippen LogP contribution in [0, 0.1) is 23.7 Å². The molecule has 20 heavy (non-hydrogen) atoms. The summed E-state index contributed by atoms with van der Waals surface area (Å²) >= 11 is 0. The van der Waals surface area contributed by atoms with Crippen molar-refractivity contribution in [3.8, 4) is 0 Å². The van der Waals surface area contributed by atoms with Gasteiger partial charge in [-0.2, -0.15) is 0 Å². The summed E-state index contributed by atoms with van der Waals surface area (Å²) in [5.41, 5.74) is 0.314. The van der Waals surface area contributed by atoms with Crippen molar-refractivity contribution in [1.82, 2.24) is 5.32 Å². The Hall–Kier alpha value is -0.0800. The molecule has 3 unspecified atom stereocenters. The first-order chi connectivity index (χ1) is 9.69. The highest BCUT2D eigenvalue weighted by Crippen LogP contribution is 2.49. The third-order valence-electron chi connectivity index (χ3n) is 6.09. The van der Waals surface area contributed by atoms with Gasteiger partial charge in [0.05, 0.1) is 5.60 Å². The zero-order valence-corrected chi connectivity index (χ0v) is 13.5. The van der Waals surface area contributed by atoms with Crippen LogP contribution in [-0.2, 0) is 4.74 Å². The van der Waals surface area contributed by atoms with Crippen LogP contribution in [0.4, 0.5) is 0 Å². The second-order valence-electron chi connectivity index (χ2n) is 8.04. The highest BCUT2D eigenvalue weighted by Gasteiger charge is 2.45. The van der Waals surface area contributed by atoms with Crippen molar-refractivity contribution in [2.75, 3.05) is 19.7 Å². The lowest BCUT2D eigenvalue weighted by molar-refractivity contribution is -0.114. The average Bonchev–Trinajstić information content (AvgIpc) is 2.81. The molecular weight excluding hydrogens is 246 g/mol. The number of rotatable bonds is 5. The molecule has 2 heteroatoms. The zero-order chi connectivity index (χ0) is 14.0. The van der Waals surface area contributed by atoms with Crippen molar-refractivity contribution in [3.05, 3.63) is 0 Å². The minimum absolute atomic E-state index is 0.314. The van der Waals surface area contributed by atoms with E-state index >= 15 is 0 Å². The molecule has 2 aliphatic carbocycles. The molecule has 2 nitrogen and oxygen atoms in total. The average molecular weight is 279 g/mol.